The average molecular weight is 320 g/mol. The third-order valence-corrected chi connectivity index (χ3v) is 2.70. The van der Waals surface area contributed by atoms with E-state index in [1.54, 1.807) is 6.07 Å². The third-order valence-electron chi connectivity index (χ3n) is 2.70. The van der Waals surface area contributed by atoms with Gasteiger partial charge in [0, 0.05) is 18.9 Å². The maximum atomic E-state index is 11.9. The number of allylic oxidation sites excluding steroid dienone is 1. The number of nitriles is 1. The Kier molecular flexibility index (Phi) is 6.64. The normalized spacial score (nSPS) is 11.3. The van der Waals surface area contributed by atoms with E-state index in [-0.39, 0.29) is 30.1 Å². The number of hydrogen-bond acceptors (Lipinski definition) is 8. The van der Waals surface area contributed by atoms with Crippen LogP contribution in [0.3, 0.4) is 0 Å². The van der Waals surface area contributed by atoms with E-state index in [1.807, 2.05) is 0 Å². The van der Waals surface area contributed by atoms with E-state index in [1.165, 1.54) is 20.1 Å². The van der Waals surface area contributed by atoms with Crippen molar-refractivity contribution < 1.29 is 19.1 Å². The first-order valence-corrected chi connectivity index (χ1v) is 6.54. The number of nitrogens with two attached hydrogens (primary N) is 1. The van der Waals surface area contributed by atoms with E-state index < -0.39 is 23.9 Å². The molecule has 0 bridgehead atoms. The molecule has 0 aliphatic rings. The first-order valence-electron chi connectivity index (χ1n) is 6.54. The van der Waals surface area contributed by atoms with E-state index in [0.717, 1.165) is 10.7 Å². The average Bonchev–Trinajstić information content (AvgIpc) is 2.52. The minimum absolute atomic E-state index is 0.0415. The Labute approximate surface area is 131 Å². The minimum Gasteiger partial charge on any atom is -0.452 e. The fourth-order valence-corrected chi connectivity index (χ4v) is 1.54. The van der Waals surface area contributed by atoms with Gasteiger partial charge in [-0.1, -0.05) is 0 Å². The smallest absolute Gasteiger partial charge is 0.359 e. The van der Waals surface area contributed by atoms with Crippen molar-refractivity contribution in [3.05, 3.63) is 39.5 Å². The van der Waals surface area contributed by atoms with Crippen LogP contribution in [0.5, 0.6) is 0 Å². The van der Waals surface area contributed by atoms with Gasteiger partial charge >= 0.3 is 5.97 Å². The van der Waals surface area contributed by atoms with Crippen LogP contribution < -0.4 is 11.3 Å². The number of hydrogen-bond donors (Lipinski definition) is 1. The minimum atomic E-state index is -0.892. The van der Waals surface area contributed by atoms with Crippen LogP contribution in [-0.4, -0.2) is 41.9 Å². The molecule has 1 heterocycles. The highest BCUT2D eigenvalue weighted by Crippen LogP contribution is 2.02. The molecule has 1 aromatic heterocycles. The van der Waals surface area contributed by atoms with Gasteiger partial charge < -0.3 is 15.2 Å². The number of rotatable bonds is 7. The topological polar surface area (TPSA) is 137 Å². The van der Waals surface area contributed by atoms with E-state index in [4.69, 9.17) is 20.5 Å². The zero-order chi connectivity index (χ0) is 17.4. The summed E-state index contributed by atoms with van der Waals surface area (Å²) in [6.07, 6.45) is 0. The summed E-state index contributed by atoms with van der Waals surface area (Å²) in [6.45, 7) is 1.17. The van der Waals surface area contributed by atoms with Crippen LogP contribution >= 0.6 is 0 Å². The monoisotopic (exact) mass is 320 g/mol. The highest BCUT2D eigenvalue weighted by molar-refractivity contribution is 6.01. The maximum Gasteiger partial charge on any atom is 0.359 e. The fraction of sp³-hybridized carbons (Fsp3) is 0.357. The summed E-state index contributed by atoms with van der Waals surface area (Å²) in [4.78, 5) is 35.1. The Balaban J connectivity index is 2.80. The van der Waals surface area contributed by atoms with E-state index in [9.17, 15) is 14.4 Å². The highest BCUT2D eigenvalue weighted by Gasteiger charge is 2.16. The number of aromatic nitrogens is 2. The first kappa shape index (κ1) is 18.1. The Morgan fingerprint density at radius 2 is 2.13 bits per heavy atom. The molecule has 0 saturated carbocycles. The molecule has 0 aliphatic carbocycles. The van der Waals surface area contributed by atoms with Crippen molar-refractivity contribution in [2.45, 2.75) is 13.5 Å². The van der Waals surface area contributed by atoms with Crippen LogP contribution in [0.15, 0.2) is 28.2 Å². The molecule has 9 nitrogen and oxygen atoms in total. The lowest BCUT2D eigenvalue weighted by molar-refractivity contribution is -0.118. The number of ether oxygens (including phenoxy) is 2. The van der Waals surface area contributed by atoms with Gasteiger partial charge in [0.05, 0.1) is 13.2 Å². The van der Waals surface area contributed by atoms with Crippen LogP contribution in [0, 0.1) is 11.3 Å². The van der Waals surface area contributed by atoms with Crippen molar-refractivity contribution in [2.75, 3.05) is 20.3 Å². The second-order valence-electron chi connectivity index (χ2n) is 4.44. The van der Waals surface area contributed by atoms with Crippen molar-refractivity contribution in [1.29, 1.82) is 5.26 Å². The lowest BCUT2D eigenvalue weighted by atomic mass is 10.1. The Morgan fingerprint density at radius 1 is 1.43 bits per heavy atom. The lowest BCUT2D eigenvalue weighted by Crippen LogP contribution is -2.27. The number of carbonyl (C=O) groups excluding carboxylic acids is 2. The predicted molar refractivity (Wildman–Crippen MR) is 78.2 cm³/mol. The summed E-state index contributed by atoms with van der Waals surface area (Å²) in [5, 5.41) is 12.6. The largest absolute Gasteiger partial charge is 0.452 e. The molecule has 0 fully saturated rings. The first-order chi connectivity index (χ1) is 10.9. The van der Waals surface area contributed by atoms with Gasteiger partial charge in [0.15, 0.2) is 12.3 Å². The molecular formula is C14H16N4O5. The third kappa shape index (κ3) is 5.05. The molecule has 0 radical (unpaired) electrons. The summed E-state index contributed by atoms with van der Waals surface area (Å²) in [7, 11) is 1.47. The zero-order valence-corrected chi connectivity index (χ0v) is 12.7. The van der Waals surface area contributed by atoms with Gasteiger partial charge in [0.25, 0.3) is 5.56 Å². The van der Waals surface area contributed by atoms with E-state index in [0.29, 0.717) is 0 Å². The van der Waals surface area contributed by atoms with Gasteiger partial charge in [-0.05, 0) is 13.0 Å². The van der Waals surface area contributed by atoms with Gasteiger partial charge in [-0.2, -0.15) is 10.4 Å². The van der Waals surface area contributed by atoms with Crippen molar-refractivity contribution in [3.8, 4) is 6.07 Å². The lowest BCUT2D eigenvalue weighted by Gasteiger charge is -2.07. The molecule has 9 heteroatoms. The Bertz CT molecular complexity index is 725. The van der Waals surface area contributed by atoms with Crippen molar-refractivity contribution in [1.82, 2.24) is 9.78 Å². The Hall–Kier alpha value is -2.99. The van der Waals surface area contributed by atoms with Crippen LogP contribution in [0.25, 0.3) is 0 Å². The molecular weight excluding hydrogens is 304 g/mol. The Morgan fingerprint density at radius 3 is 2.70 bits per heavy atom. The SMILES string of the molecule is COCCn1nc(C(=O)OCC(=O)C(C#N)=C(C)N)ccc1=O. The fourth-order valence-electron chi connectivity index (χ4n) is 1.54. The number of carbonyl (C=O) groups is 2. The number of Topliss-reactive ketones (excluding diaryl/α,β-unsaturated/α-hetero) is 1. The van der Waals surface area contributed by atoms with E-state index in [2.05, 4.69) is 5.10 Å². The summed E-state index contributed by atoms with van der Waals surface area (Å²) < 4.78 is 10.7. The van der Waals surface area contributed by atoms with Gasteiger partial charge in [-0.3, -0.25) is 9.59 Å². The van der Waals surface area contributed by atoms with Crippen molar-refractivity contribution in [2.24, 2.45) is 5.73 Å². The van der Waals surface area contributed by atoms with Gasteiger partial charge in [0.2, 0.25) is 5.78 Å². The molecule has 122 valence electrons. The molecule has 0 aliphatic heterocycles. The summed E-state index contributed by atoms with van der Waals surface area (Å²) in [5.41, 5.74) is 4.62. The maximum absolute atomic E-state index is 11.9. The molecule has 0 atom stereocenters. The van der Waals surface area contributed by atoms with Crippen molar-refractivity contribution >= 4 is 11.8 Å². The van der Waals surface area contributed by atoms with Crippen molar-refractivity contribution in [3.63, 3.8) is 0 Å². The number of ketones is 1. The quantitative estimate of drug-likeness (QED) is 0.398. The molecule has 1 rings (SSSR count). The highest BCUT2D eigenvalue weighted by atomic mass is 16.5. The summed E-state index contributed by atoms with van der Waals surface area (Å²) in [6, 6.07) is 3.99. The van der Waals surface area contributed by atoms with E-state index >= 15 is 0 Å². The van der Waals surface area contributed by atoms with Crippen LogP contribution in [0.1, 0.15) is 17.4 Å². The zero-order valence-electron chi connectivity index (χ0n) is 12.7. The van der Waals surface area contributed by atoms with Crippen LogP contribution in [-0.2, 0) is 20.8 Å². The molecule has 0 amide bonds. The van der Waals surface area contributed by atoms with Gasteiger partial charge in [-0.25, -0.2) is 9.48 Å². The number of methoxy groups -OCH3 is 1. The second-order valence-corrected chi connectivity index (χ2v) is 4.44. The second kappa shape index (κ2) is 8.45. The molecule has 1 aromatic rings. The number of nitrogens with zero attached hydrogens (tertiary/aromatic N) is 3. The standard InChI is InChI=1S/C14H16N4O5/c1-9(16)10(7-15)12(19)8-23-14(21)11-3-4-13(20)18(17-11)5-6-22-2/h3-4H,5-6,8,16H2,1-2H3. The number of esters is 1. The molecule has 0 spiro atoms. The molecule has 0 unspecified atom stereocenters. The van der Waals surface area contributed by atoms with Gasteiger partial charge in [0.1, 0.15) is 11.6 Å². The van der Waals surface area contributed by atoms with Crippen LogP contribution in [0.4, 0.5) is 0 Å². The molecule has 0 aromatic carbocycles. The molecule has 2 N–H and O–H groups in total. The van der Waals surface area contributed by atoms with Crippen LogP contribution in [0.2, 0.25) is 0 Å². The predicted octanol–water partition coefficient (Wildman–Crippen LogP) is -0.628. The molecule has 0 saturated heterocycles. The van der Waals surface area contributed by atoms with Gasteiger partial charge in [-0.15, -0.1) is 0 Å². The summed E-state index contributed by atoms with van der Waals surface area (Å²) >= 11 is 0. The summed E-state index contributed by atoms with van der Waals surface area (Å²) in [5.74, 6) is -1.61. The molecule has 23 heavy (non-hydrogen) atoms.